The maximum Gasteiger partial charge on any atom is 0.192 e. The number of methoxy groups -OCH3 is 1. The van der Waals surface area contributed by atoms with Crippen molar-refractivity contribution in [2.24, 2.45) is 0 Å². The van der Waals surface area contributed by atoms with E-state index in [1.54, 1.807) is 7.11 Å². The third kappa shape index (κ3) is 5.11. The Kier molecular flexibility index (Phi) is 6.44. The van der Waals surface area contributed by atoms with Gasteiger partial charge in [-0.2, -0.15) is 0 Å². The molecule has 0 aromatic heterocycles. The molecule has 0 spiro atoms. The maximum atomic E-state index is 6.32. The van der Waals surface area contributed by atoms with Crippen LogP contribution in [0, 0.1) is 0 Å². The van der Waals surface area contributed by atoms with Crippen LogP contribution in [0.1, 0.15) is 27.2 Å². The highest BCUT2D eigenvalue weighted by Gasteiger charge is 2.39. The predicted molar refractivity (Wildman–Crippen MR) is 92.1 cm³/mol. The molecular formula is C17H32O5Si. The SMILES string of the molecule is COC1C=CC(CC2OCCO2)OC1CO[Si](C)(C)C(C)(C)C. The Labute approximate surface area is 141 Å². The van der Waals surface area contributed by atoms with Gasteiger partial charge in [0.05, 0.1) is 25.9 Å². The Morgan fingerprint density at radius 1 is 1.13 bits per heavy atom. The molecule has 2 heterocycles. The Balaban J connectivity index is 1.92. The summed E-state index contributed by atoms with van der Waals surface area (Å²) in [5.41, 5.74) is 0. The number of rotatable bonds is 6. The molecule has 23 heavy (non-hydrogen) atoms. The summed E-state index contributed by atoms with van der Waals surface area (Å²) < 4.78 is 29.1. The average molecular weight is 345 g/mol. The van der Waals surface area contributed by atoms with Crippen LogP contribution in [0.4, 0.5) is 0 Å². The summed E-state index contributed by atoms with van der Waals surface area (Å²) in [5, 5.41) is 0.186. The van der Waals surface area contributed by atoms with E-state index < -0.39 is 8.32 Å². The van der Waals surface area contributed by atoms with Gasteiger partial charge in [0.15, 0.2) is 14.6 Å². The first-order valence-electron chi connectivity index (χ1n) is 8.46. The molecule has 1 fully saturated rings. The first kappa shape index (κ1) is 19.1. The molecule has 5 nitrogen and oxygen atoms in total. The summed E-state index contributed by atoms with van der Waals surface area (Å²) in [6.45, 7) is 13.1. The van der Waals surface area contributed by atoms with E-state index >= 15 is 0 Å². The smallest absolute Gasteiger partial charge is 0.192 e. The molecule has 0 N–H and O–H groups in total. The monoisotopic (exact) mass is 344 g/mol. The molecule has 0 aromatic carbocycles. The topological polar surface area (TPSA) is 46.2 Å². The van der Waals surface area contributed by atoms with Gasteiger partial charge in [0.2, 0.25) is 0 Å². The molecule has 0 radical (unpaired) electrons. The van der Waals surface area contributed by atoms with Gasteiger partial charge in [-0.15, -0.1) is 0 Å². The Bertz CT molecular complexity index is 398. The highest BCUT2D eigenvalue weighted by atomic mass is 28.4. The molecule has 0 bridgehead atoms. The highest BCUT2D eigenvalue weighted by Crippen LogP contribution is 2.37. The van der Waals surface area contributed by atoms with Crippen LogP contribution in [0.2, 0.25) is 18.1 Å². The van der Waals surface area contributed by atoms with Gasteiger partial charge in [-0.25, -0.2) is 0 Å². The van der Waals surface area contributed by atoms with Gasteiger partial charge in [0, 0.05) is 13.5 Å². The Morgan fingerprint density at radius 3 is 2.35 bits per heavy atom. The largest absolute Gasteiger partial charge is 0.414 e. The second-order valence-corrected chi connectivity index (χ2v) is 12.6. The fraction of sp³-hybridized carbons (Fsp3) is 0.882. The van der Waals surface area contributed by atoms with Crippen LogP contribution in [0.3, 0.4) is 0 Å². The Morgan fingerprint density at radius 2 is 1.78 bits per heavy atom. The van der Waals surface area contributed by atoms with Gasteiger partial charge in [-0.1, -0.05) is 32.9 Å². The zero-order chi connectivity index (χ0) is 17.1. The fourth-order valence-electron chi connectivity index (χ4n) is 2.44. The molecule has 2 aliphatic rings. The molecule has 3 atom stereocenters. The van der Waals surface area contributed by atoms with Crippen LogP contribution in [0.5, 0.6) is 0 Å². The summed E-state index contributed by atoms with van der Waals surface area (Å²) in [4.78, 5) is 0. The molecular weight excluding hydrogens is 312 g/mol. The first-order valence-corrected chi connectivity index (χ1v) is 11.4. The van der Waals surface area contributed by atoms with Crippen molar-refractivity contribution in [2.75, 3.05) is 26.9 Å². The van der Waals surface area contributed by atoms with E-state index in [9.17, 15) is 0 Å². The maximum absolute atomic E-state index is 6.32. The molecule has 6 heteroatoms. The van der Waals surface area contributed by atoms with Crippen LogP contribution in [-0.4, -0.2) is 59.8 Å². The molecule has 0 aromatic rings. The van der Waals surface area contributed by atoms with Gasteiger partial charge < -0.3 is 23.4 Å². The summed E-state index contributed by atoms with van der Waals surface area (Å²) in [5.74, 6) is 0. The van der Waals surface area contributed by atoms with Crippen molar-refractivity contribution in [1.29, 1.82) is 0 Å². The van der Waals surface area contributed by atoms with E-state index in [0.29, 0.717) is 26.2 Å². The number of ether oxygens (including phenoxy) is 4. The third-order valence-corrected chi connectivity index (χ3v) is 9.53. The third-order valence-electron chi connectivity index (χ3n) is 5.03. The summed E-state index contributed by atoms with van der Waals surface area (Å²) in [6, 6.07) is 0. The molecule has 134 valence electrons. The van der Waals surface area contributed by atoms with Gasteiger partial charge in [-0.05, 0) is 18.1 Å². The summed E-state index contributed by atoms with van der Waals surface area (Å²) in [7, 11) is -0.0885. The van der Waals surface area contributed by atoms with E-state index in [2.05, 4.69) is 39.9 Å². The van der Waals surface area contributed by atoms with E-state index in [1.165, 1.54) is 0 Å². The van der Waals surface area contributed by atoms with E-state index in [4.69, 9.17) is 23.4 Å². The van der Waals surface area contributed by atoms with Crippen molar-refractivity contribution in [3.8, 4) is 0 Å². The fourth-order valence-corrected chi connectivity index (χ4v) is 3.46. The van der Waals surface area contributed by atoms with Crippen molar-refractivity contribution in [1.82, 2.24) is 0 Å². The zero-order valence-corrected chi connectivity index (χ0v) is 16.3. The van der Waals surface area contributed by atoms with E-state index in [1.807, 2.05) is 6.08 Å². The van der Waals surface area contributed by atoms with Crippen molar-refractivity contribution in [3.63, 3.8) is 0 Å². The normalized spacial score (nSPS) is 30.1. The molecule has 3 unspecified atom stereocenters. The van der Waals surface area contributed by atoms with Gasteiger partial charge >= 0.3 is 0 Å². The van der Waals surface area contributed by atoms with Crippen molar-refractivity contribution in [2.45, 2.75) is 69.9 Å². The minimum atomic E-state index is -1.80. The standard InChI is InChI=1S/C17H32O5Si/c1-17(2,3)23(5,6)21-12-15-14(18-4)8-7-13(22-15)11-16-19-9-10-20-16/h7-8,13-16H,9-12H2,1-6H3. The molecule has 2 rings (SSSR count). The lowest BCUT2D eigenvalue weighted by Gasteiger charge is -2.39. The van der Waals surface area contributed by atoms with Gasteiger partial charge in [0.25, 0.3) is 0 Å². The van der Waals surface area contributed by atoms with Crippen LogP contribution < -0.4 is 0 Å². The lowest BCUT2D eigenvalue weighted by Crippen LogP contribution is -2.47. The molecule has 2 aliphatic heterocycles. The quantitative estimate of drug-likeness (QED) is 0.547. The molecule has 0 saturated carbocycles. The second kappa shape index (κ2) is 7.76. The van der Waals surface area contributed by atoms with Crippen molar-refractivity contribution in [3.05, 3.63) is 12.2 Å². The van der Waals surface area contributed by atoms with Gasteiger partial charge in [-0.3, -0.25) is 0 Å². The average Bonchev–Trinajstić information content (AvgIpc) is 2.97. The van der Waals surface area contributed by atoms with Gasteiger partial charge in [0.1, 0.15) is 12.2 Å². The number of hydrogen-bond donors (Lipinski definition) is 0. The summed E-state index contributed by atoms with van der Waals surface area (Å²) >= 11 is 0. The van der Waals surface area contributed by atoms with E-state index in [-0.39, 0.29) is 29.6 Å². The first-order chi connectivity index (χ1) is 10.7. The van der Waals surface area contributed by atoms with Crippen LogP contribution in [0.15, 0.2) is 12.2 Å². The lowest BCUT2D eigenvalue weighted by atomic mass is 10.1. The molecule has 0 amide bonds. The summed E-state index contributed by atoms with van der Waals surface area (Å²) in [6.07, 6.45) is 4.49. The zero-order valence-electron chi connectivity index (χ0n) is 15.3. The van der Waals surface area contributed by atoms with Crippen molar-refractivity contribution < 1.29 is 23.4 Å². The van der Waals surface area contributed by atoms with Crippen LogP contribution in [-0.2, 0) is 23.4 Å². The van der Waals surface area contributed by atoms with Crippen LogP contribution in [0.25, 0.3) is 0 Å². The highest BCUT2D eigenvalue weighted by molar-refractivity contribution is 6.74. The lowest BCUT2D eigenvalue weighted by molar-refractivity contribution is -0.122. The second-order valence-electron chi connectivity index (χ2n) is 7.78. The van der Waals surface area contributed by atoms with E-state index in [0.717, 1.165) is 0 Å². The van der Waals surface area contributed by atoms with Crippen molar-refractivity contribution >= 4 is 8.32 Å². The predicted octanol–water partition coefficient (Wildman–Crippen LogP) is 3.11. The number of hydrogen-bond acceptors (Lipinski definition) is 5. The minimum absolute atomic E-state index is 0.0162. The van der Waals surface area contributed by atoms with Crippen LogP contribution >= 0.6 is 0 Å². The minimum Gasteiger partial charge on any atom is -0.414 e. The Hall–Kier alpha value is -0.243. The molecule has 1 saturated heterocycles. The molecule has 0 aliphatic carbocycles.